The van der Waals surface area contributed by atoms with Gasteiger partial charge in [0, 0.05) is 25.7 Å². The first-order valence-electron chi connectivity index (χ1n) is 8.79. The first kappa shape index (κ1) is 16.3. The second-order valence-corrected chi connectivity index (χ2v) is 7.08. The number of ether oxygens (including phenoxy) is 1. The predicted octanol–water partition coefficient (Wildman–Crippen LogP) is 2.90. The van der Waals surface area contributed by atoms with Crippen LogP contribution in [0.3, 0.4) is 0 Å². The van der Waals surface area contributed by atoms with Crippen LogP contribution in [0.25, 0.3) is 0 Å². The molecule has 0 radical (unpaired) electrons. The topological polar surface area (TPSA) is 24.5 Å². The van der Waals surface area contributed by atoms with Crippen LogP contribution < -0.4 is 5.32 Å². The summed E-state index contributed by atoms with van der Waals surface area (Å²) in [7, 11) is 0. The maximum absolute atomic E-state index is 5.76. The highest BCUT2D eigenvalue weighted by Crippen LogP contribution is 2.27. The lowest BCUT2D eigenvalue weighted by Crippen LogP contribution is -2.44. The minimum Gasteiger partial charge on any atom is -0.380 e. The molecule has 1 unspecified atom stereocenters. The summed E-state index contributed by atoms with van der Waals surface area (Å²) in [6.07, 6.45) is 8.51. The number of rotatable bonds is 6. The molecule has 0 amide bonds. The SMILES string of the molecule is CC(C)COCCN1CCCNC(C2CCCCC2)C1. The van der Waals surface area contributed by atoms with Crippen molar-refractivity contribution in [2.24, 2.45) is 11.8 Å². The summed E-state index contributed by atoms with van der Waals surface area (Å²) in [5.41, 5.74) is 0. The molecular formula is C17H34N2O. The maximum atomic E-state index is 5.76. The zero-order valence-electron chi connectivity index (χ0n) is 13.6. The molecule has 1 aliphatic carbocycles. The molecule has 2 aliphatic rings. The van der Waals surface area contributed by atoms with Gasteiger partial charge in [0.2, 0.25) is 0 Å². The Bertz CT molecular complexity index is 251. The number of hydrogen-bond acceptors (Lipinski definition) is 3. The molecular weight excluding hydrogens is 248 g/mol. The van der Waals surface area contributed by atoms with Crippen molar-refractivity contribution >= 4 is 0 Å². The van der Waals surface area contributed by atoms with Crippen LogP contribution in [0.1, 0.15) is 52.4 Å². The summed E-state index contributed by atoms with van der Waals surface area (Å²) in [6.45, 7) is 11.0. The highest BCUT2D eigenvalue weighted by Gasteiger charge is 2.26. The van der Waals surface area contributed by atoms with Gasteiger partial charge >= 0.3 is 0 Å². The Morgan fingerprint density at radius 3 is 2.70 bits per heavy atom. The van der Waals surface area contributed by atoms with E-state index in [0.717, 1.165) is 31.7 Å². The maximum Gasteiger partial charge on any atom is 0.0593 e. The third-order valence-electron chi connectivity index (χ3n) is 4.73. The van der Waals surface area contributed by atoms with Crippen molar-refractivity contribution in [3.63, 3.8) is 0 Å². The fraction of sp³-hybridized carbons (Fsp3) is 1.00. The van der Waals surface area contributed by atoms with Crippen molar-refractivity contribution in [2.75, 3.05) is 39.4 Å². The van der Waals surface area contributed by atoms with Crippen molar-refractivity contribution in [1.29, 1.82) is 0 Å². The molecule has 2 rings (SSSR count). The van der Waals surface area contributed by atoms with Gasteiger partial charge in [0.05, 0.1) is 6.61 Å². The number of nitrogens with one attached hydrogen (secondary N) is 1. The lowest BCUT2D eigenvalue weighted by molar-refractivity contribution is 0.0819. The van der Waals surface area contributed by atoms with Crippen LogP contribution in [0.5, 0.6) is 0 Å². The zero-order valence-corrected chi connectivity index (χ0v) is 13.6. The quantitative estimate of drug-likeness (QED) is 0.758. The average molecular weight is 282 g/mol. The normalized spacial score (nSPS) is 26.9. The van der Waals surface area contributed by atoms with Crippen molar-refractivity contribution in [3.05, 3.63) is 0 Å². The van der Waals surface area contributed by atoms with E-state index in [1.165, 1.54) is 58.2 Å². The Hall–Kier alpha value is -0.120. The highest BCUT2D eigenvalue weighted by molar-refractivity contribution is 4.84. The van der Waals surface area contributed by atoms with E-state index >= 15 is 0 Å². The van der Waals surface area contributed by atoms with Gasteiger partial charge in [0.15, 0.2) is 0 Å². The van der Waals surface area contributed by atoms with E-state index in [9.17, 15) is 0 Å². The van der Waals surface area contributed by atoms with Crippen LogP contribution in [-0.2, 0) is 4.74 Å². The molecule has 0 aromatic carbocycles. The van der Waals surface area contributed by atoms with Gasteiger partial charge in [-0.2, -0.15) is 0 Å². The summed E-state index contributed by atoms with van der Waals surface area (Å²) in [5, 5.41) is 3.81. The molecule has 0 bridgehead atoms. The van der Waals surface area contributed by atoms with E-state index in [-0.39, 0.29) is 0 Å². The molecule has 20 heavy (non-hydrogen) atoms. The number of hydrogen-bond donors (Lipinski definition) is 1. The van der Waals surface area contributed by atoms with Crippen LogP contribution in [0.4, 0.5) is 0 Å². The van der Waals surface area contributed by atoms with Gasteiger partial charge in [-0.3, -0.25) is 4.90 Å². The second kappa shape index (κ2) is 9.01. The summed E-state index contributed by atoms with van der Waals surface area (Å²) < 4.78 is 5.76. The molecule has 1 atom stereocenters. The largest absolute Gasteiger partial charge is 0.380 e. The van der Waals surface area contributed by atoms with Crippen molar-refractivity contribution in [1.82, 2.24) is 10.2 Å². The predicted molar refractivity (Wildman–Crippen MR) is 85.1 cm³/mol. The Kier molecular flexibility index (Phi) is 7.32. The highest BCUT2D eigenvalue weighted by atomic mass is 16.5. The zero-order chi connectivity index (χ0) is 14.2. The van der Waals surface area contributed by atoms with E-state index < -0.39 is 0 Å². The van der Waals surface area contributed by atoms with Gasteiger partial charge in [0.25, 0.3) is 0 Å². The third kappa shape index (κ3) is 5.71. The summed E-state index contributed by atoms with van der Waals surface area (Å²) in [6, 6.07) is 0.725. The summed E-state index contributed by atoms with van der Waals surface area (Å²) in [4.78, 5) is 2.62. The smallest absolute Gasteiger partial charge is 0.0593 e. The minimum absolute atomic E-state index is 0.649. The molecule has 2 fully saturated rings. The van der Waals surface area contributed by atoms with Gasteiger partial charge in [-0.1, -0.05) is 33.1 Å². The lowest BCUT2D eigenvalue weighted by Gasteiger charge is -2.32. The first-order chi connectivity index (χ1) is 9.75. The Labute approximate surface area is 125 Å². The van der Waals surface area contributed by atoms with Gasteiger partial charge in [-0.25, -0.2) is 0 Å². The first-order valence-corrected chi connectivity index (χ1v) is 8.79. The monoisotopic (exact) mass is 282 g/mol. The number of nitrogens with zero attached hydrogens (tertiary/aromatic N) is 1. The Balaban J connectivity index is 1.71. The molecule has 118 valence electrons. The molecule has 3 heteroatoms. The molecule has 0 spiro atoms. The molecule has 0 aromatic rings. The van der Waals surface area contributed by atoms with Gasteiger partial charge in [0.1, 0.15) is 0 Å². The molecule has 0 aromatic heterocycles. The summed E-state index contributed by atoms with van der Waals surface area (Å²) in [5.74, 6) is 1.57. The molecule has 1 N–H and O–H groups in total. The molecule has 1 aliphatic heterocycles. The fourth-order valence-electron chi connectivity index (χ4n) is 3.59. The average Bonchev–Trinajstić information content (AvgIpc) is 2.70. The Morgan fingerprint density at radius 2 is 1.95 bits per heavy atom. The Morgan fingerprint density at radius 1 is 1.15 bits per heavy atom. The van der Waals surface area contributed by atoms with Crippen molar-refractivity contribution < 1.29 is 4.74 Å². The minimum atomic E-state index is 0.649. The third-order valence-corrected chi connectivity index (χ3v) is 4.73. The van der Waals surface area contributed by atoms with E-state index in [0.29, 0.717) is 5.92 Å². The lowest BCUT2D eigenvalue weighted by atomic mass is 9.83. The fourth-order valence-corrected chi connectivity index (χ4v) is 3.59. The summed E-state index contributed by atoms with van der Waals surface area (Å²) >= 11 is 0. The van der Waals surface area contributed by atoms with Crippen LogP contribution in [0.2, 0.25) is 0 Å². The van der Waals surface area contributed by atoms with Gasteiger partial charge in [-0.15, -0.1) is 0 Å². The molecule has 3 nitrogen and oxygen atoms in total. The standard InChI is InChI=1S/C17H34N2O/c1-15(2)14-20-12-11-19-10-6-9-18-17(13-19)16-7-4-3-5-8-16/h15-18H,3-14H2,1-2H3. The molecule has 1 saturated carbocycles. The van der Waals surface area contributed by atoms with Crippen LogP contribution in [0, 0.1) is 11.8 Å². The van der Waals surface area contributed by atoms with Gasteiger partial charge in [-0.05, 0) is 44.2 Å². The van der Waals surface area contributed by atoms with Crippen LogP contribution >= 0.6 is 0 Å². The van der Waals surface area contributed by atoms with E-state index in [4.69, 9.17) is 4.74 Å². The van der Waals surface area contributed by atoms with E-state index in [1.807, 2.05) is 0 Å². The van der Waals surface area contributed by atoms with Crippen molar-refractivity contribution in [2.45, 2.75) is 58.4 Å². The van der Waals surface area contributed by atoms with Crippen LogP contribution in [0.15, 0.2) is 0 Å². The van der Waals surface area contributed by atoms with E-state index in [2.05, 4.69) is 24.1 Å². The molecule has 1 saturated heterocycles. The van der Waals surface area contributed by atoms with Crippen LogP contribution in [-0.4, -0.2) is 50.3 Å². The van der Waals surface area contributed by atoms with Crippen molar-refractivity contribution in [3.8, 4) is 0 Å². The van der Waals surface area contributed by atoms with Gasteiger partial charge < -0.3 is 10.1 Å². The second-order valence-electron chi connectivity index (χ2n) is 7.08. The molecule has 1 heterocycles. The van der Waals surface area contributed by atoms with E-state index in [1.54, 1.807) is 0 Å².